The molecule has 2 rings (SSSR count). The third kappa shape index (κ3) is 4.01. The number of methoxy groups -OCH3 is 2. The Balaban J connectivity index is 1.99. The average molecular weight is 292 g/mol. The highest BCUT2D eigenvalue weighted by molar-refractivity contribution is 5.30. The van der Waals surface area contributed by atoms with Gasteiger partial charge in [0, 0.05) is 6.54 Å². The highest BCUT2D eigenvalue weighted by atomic mass is 19.1. The van der Waals surface area contributed by atoms with E-state index in [1.807, 2.05) is 6.92 Å². The SMILES string of the molecule is COc1nc(NCCc2ccc(F)cc2C)nc(OC)n1. The molecule has 0 atom stereocenters. The van der Waals surface area contributed by atoms with E-state index in [4.69, 9.17) is 9.47 Å². The molecular formula is C14H17FN4O2. The normalized spacial score (nSPS) is 10.3. The number of hydrogen-bond donors (Lipinski definition) is 1. The Morgan fingerprint density at radius 3 is 2.33 bits per heavy atom. The summed E-state index contributed by atoms with van der Waals surface area (Å²) in [5.41, 5.74) is 1.99. The number of ether oxygens (including phenoxy) is 2. The molecule has 0 radical (unpaired) electrons. The zero-order valence-electron chi connectivity index (χ0n) is 12.2. The summed E-state index contributed by atoms with van der Waals surface area (Å²) in [5.74, 6) is 0.148. The van der Waals surface area contributed by atoms with Crippen LogP contribution in [0.4, 0.5) is 10.3 Å². The van der Waals surface area contributed by atoms with Gasteiger partial charge in [0.25, 0.3) is 0 Å². The fourth-order valence-electron chi connectivity index (χ4n) is 1.85. The molecule has 0 fully saturated rings. The van der Waals surface area contributed by atoms with Crippen LogP contribution in [-0.2, 0) is 6.42 Å². The maximum Gasteiger partial charge on any atom is 0.324 e. The molecule has 0 unspecified atom stereocenters. The van der Waals surface area contributed by atoms with E-state index in [0.29, 0.717) is 12.5 Å². The van der Waals surface area contributed by atoms with Gasteiger partial charge in [0.05, 0.1) is 14.2 Å². The van der Waals surface area contributed by atoms with Crippen LogP contribution in [0.25, 0.3) is 0 Å². The summed E-state index contributed by atoms with van der Waals surface area (Å²) in [6, 6.07) is 5.12. The van der Waals surface area contributed by atoms with Crippen LogP contribution in [0.15, 0.2) is 18.2 Å². The Morgan fingerprint density at radius 2 is 1.76 bits per heavy atom. The summed E-state index contributed by atoms with van der Waals surface area (Å²) in [5, 5.41) is 3.07. The largest absolute Gasteiger partial charge is 0.467 e. The smallest absolute Gasteiger partial charge is 0.324 e. The van der Waals surface area contributed by atoms with Gasteiger partial charge in [0.15, 0.2) is 0 Å². The van der Waals surface area contributed by atoms with Crippen molar-refractivity contribution >= 4 is 5.95 Å². The Morgan fingerprint density at radius 1 is 1.10 bits per heavy atom. The summed E-state index contributed by atoms with van der Waals surface area (Å²) in [7, 11) is 2.95. The van der Waals surface area contributed by atoms with E-state index in [2.05, 4.69) is 20.3 Å². The second-order valence-corrected chi connectivity index (χ2v) is 4.38. The van der Waals surface area contributed by atoms with E-state index in [1.54, 1.807) is 6.07 Å². The van der Waals surface area contributed by atoms with Crippen LogP contribution in [0.2, 0.25) is 0 Å². The van der Waals surface area contributed by atoms with E-state index < -0.39 is 0 Å². The highest BCUT2D eigenvalue weighted by Crippen LogP contribution is 2.13. The van der Waals surface area contributed by atoms with E-state index >= 15 is 0 Å². The third-order valence-corrected chi connectivity index (χ3v) is 2.94. The predicted molar refractivity (Wildman–Crippen MR) is 76.3 cm³/mol. The topological polar surface area (TPSA) is 69.2 Å². The van der Waals surface area contributed by atoms with Crippen molar-refractivity contribution in [2.24, 2.45) is 0 Å². The van der Waals surface area contributed by atoms with Crippen molar-refractivity contribution in [3.05, 3.63) is 35.1 Å². The van der Waals surface area contributed by atoms with Gasteiger partial charge in [-0.3, -0.25) is 0 Å². The molecule has 7 heteroatoms. The zero-order valence-corrected chi connectivity index (χ0v) is 12.2. The molecule has 0 spiro atoms. The first-order valence-electron chi connectivity index (χ1n) is 6.45. The van der Waals surface area contributed by atoms with Crippen LogP contribution in [-0.4, -0.2) is 35.7 Å². The Kier molecular flexibility index (Phi) is 4.86. The summed E-state index contributed by atoms with van der Waals surface area (Å²) in [6.07, 6.45) is 0.725. The number of aromatic nitrogens is 3. The van der Waals surface area contributed by atoms with Gasteiger partial charge < -0.3 is 14.8 Å². The summed E-state index contributed by atoms with van der Waals surface area (Å²) in [4.78, 5) is 12.1. The lowest BCUT2D eigenvalue weighted by molar-refractivity contribution is 0.341. The lowest BCUT2D eigenvalue weighted by Crippen LogP contribution is -2.10. The molecule has 1 N–H and O–H groups in total. The number of rotatable bonds is 6. The molecule has 0 amide bonds. The number of hydrogen-bond acceptors (Lipinski definition) is 6. The standard InChI is InChI=1S/C14H17FN4O2/c1-9-8-11(15)5-4-10(9)6-7-16-12-17-13(20-2)19-14(18-12)21-3/h4-5,8H,6-7H2,1-3H3,(H,16,17,18,19). The molecule has 2 aromatic rings. The summed E-state index contributed by atoms with van der Waals surface area (Å²) < 4.78 is 23.0. The van der Waals surface area contributed by atoms with Crippen molar-refractivity contribution in [2.45, 2.75) is 13.3 Å². The van der Waals surface area contributed by atoms with Gasteiger partial charge in [-0.15, -0.1) is 4.98 Å². The van der Waals surface area contributed by atoms with Crippen molar-refractivity contribution in [1.29, 1.82) is 0 Å². The lowest BCUT2D eigenvalue weighted by Gasteiger charge is -2.09. The molecule has 1 heterocycles. The molecule has 1 aromatic heterocycles. The number of benzene rings is 1. The average Bonchev–Trinajstić information content (AvgIpc) is 2.49. The van der Waals surface area contributed by atoms with Gasteiger partial charge >= 0.3 is 12.0 Å². The maximum atomic E-state index is 13.0. The molecule has 0 aliphatic heterocycles. The molecule has 0 saturated heterocycles. The lowest BCUT2D eigenvalue weighted by atomic mass is 10.1. The number of halogens is 1. The first kappa shape index (κ1) is 15.0. The first-order chi connectivity index (χ1) is 10.1. The Bertz CT molecular complexity index is 600. The van der Waals surface area contributed by atoms with Crippen molar-refractivity contribution in [1.82, 2.24) is 15.0 Å². The maximum absolute atomic E-state index is 13.0. The highest BCUT2D eigenvalue weighted by Gasteiger charge is 2.07. The number of aryl methyl sites for hydroxylation is 1. The van der Waals surface area contributed by atoms with Crippen LogP contribution < -0.4 is 14.8 Å². The molecule has 21 heavy (non-hydrogen) atoms. The number of nitrogens with zero attached hydrogens (tertiary/aromatic N) is 3. The van der Waals surface area contributed by atoms with E-state index in [0.717, 1.165) is 17.5 Å². The molecule has 112 valence electrons. The van der Waals surface area contributed by atoms with Gasteiger partial charge in [-0.05, 0) is 36.6 Å². The van der Waals surface area contributed by atoms with Gasteiger partial charge in [-0.2, -0.15) is 9.97 Å². The second kappa shape index (κ2) is 6.83. The second-order valence-electron chi connectivity index (χ2n) is 4.38. The van der Waals surface area contributed by atoms with Gasteiger partial charge in [-0.25, -0.2) is 4.39 Å². The molecule has 0 aliphatic carbocycles. The molecule has 6 nitrogen and oxygen atoms in total. The van der Waals surface area contributed by atoms with Crippen LogP contribution in [0.1, 0.15) is 11.1 Å². The monoisotopic (exact) mass is 292 g/mol. The summed E-state index contributed by atoms with van der Waals surface area (Å²) in [6.45, 7) is 2.48. The van der Waals surface area contributed by atoms with E-state index in [-0.39, 0.29) is 17.8 Å². The van der Waals surface area contributed by atoms with Crippen LogP contribution in [0.5, 0.6) is 12.0 Å². The minimum atomic E-state index is -0.226. The van der Waals surface area contributed by atoms with Crippen LogP contribution >= 0.6 is 0 Å². The Labute approximate surface area is 122 Å². The predicted octanol–water partition coefficient (Wildman–Crippen LogP) is 1.99. The third-order valence-electron chi connectivity index (χ3n) is 2.94. The molecule has 1 aromatic carbocycles. The van der Waals surface area contributed by atoms with Crippen molar-refractivity contribution in [3.8, 4) is 12.0 Å². The first-order valence-corrected chi connectivity index (χ1v) is 6.45. The van der Waals surface area contributed by atoms with E-state index in [1.165, 1.54) is 26.4 Å². The fraction of sp³-hybridized carbons (Fsp3) is 0.357. The van der Waals surface area contributed by atoms with Gasteiger partial charge in [0.1, 0.15) is 5.82 Å². The molecular weight excluding hydrogens is 275 g/mol. The van der Waals surface area contributed by atoms with Crippen molar-refractivity contribution in [2.75, 3.05) is 26.1 Å². The number of nitrogens with one attached hydrogen (secondary N) is 1. The Hall–Kier alpha value is -2.44. The van der Waals surface area contributed by atoms with Crippen LogP contribution in [0, 0.1) is 12.7 Å². The summed E-state index contributed by atoms with van der Waals surface area (Å²) >= 11 is 0. The molecule has 0 bridgehead atoms. The molecule has 0 aliphatic rings. The zero-order chi connectivity index (χ0) is 15.2. The van der Waals surface area contributed by atoms with Crippen molar-refractivity contribution in [3.63, 3.8) is 0 Å². The van der Waals surface area contributed by atoms with E-state index in [9.17, 15) is 4.39 Å². The minimum absolute atomic E-state index is 0.183. The van der Waals surface area contributed by atoms with Crippen molar-refractivity contribution < 1.29 is 13.9 Å². The minimum Gasteiger partial charge on any atom is -0.467 e. The quantitative estimate of drug-likeness (QED) is 0.878. The van der Waals surface area contributed by atoms with Crippen LogP contribution in [0.3, 0.4) is 0 Å². The van der Waals surface area contributed by atoms with Gasteiger partial charge in [-0.1, -0.05) is 6.07 Å². The number of anilines is 1. The molecule has 0 saturated carbocycles. The van der Waals surface area contributed by atoms with Gasteiger partial charge in [0.2, 0.25) is 5.95 Å². The fourth-order valence-corrected chi connectivity index (χ4v) is 1.85.